The summed E-state index contributed by atoms with van der Waals surface area (Å²) in [5.74, 6) is 0. The Morgan fingerprint density at radius 2 is 1.59 bits per heavy atom. The Morgan fingerprint density at radius 3 is 2.41 bits per heavy atom. The van der Waals surface area contributed by atoms with Gasteiger partial charge in [-0.25, -0.2) is 0 Å². The van der Waals surface area contributed by atoms with Crippen molar-refractivity contribution in [3.63, 3.8) is 0 Å². The molecule has 3 rings (SSSR count). The molecule has 84 valence electrons. The molecule has 0 fully saturated rings. The highest BCUT2D eigenvalue weighted by molar-refractivity contribution is 5.82. The molecule has 0 N–H and O–H groups in total. The van der Waals surface area contributed by atoms with Crippen LogP contribution in [-0.2, 0) is 6.54 Å². The van der Waals surface area contributed by atoms with Crippen molar-refractivity contribution in [3.8, 4) is 0 Å². The molecule has 1 aliphatic heterocycles. The van der Waals surface area contributed by atoms with E-state index in [-0.39, 0.29) is 0 Å². The fraction of sp³-hybridized carbons (Fsp3) is 0.125. The maximum Gasteiger partial charge on any atom is 0.0446 e. The number of rotatable bonds is 1. The fourth-order valence-electron chi connectivity index (χ4n) is 2.33. The molecule has 0 spiro atoms. The Hall–Kier alpha value is -2.02. The highest BCUT2D eigenvalue weighted by Crippen LogP contribution is 2.29. The van der Waals surface area contributed by atoms with Gasteiger partial charge in [-0.15, -0.1) is 0 Å². The summed E-state index contributed by atoms with van der Waals surface area (Å²) in [5.41, 5.74) is 5.31. The highest BCUT2D eigenvalue weighted by atomic mass is 15.1. The minimum absolute atomic E-state index is 0.983. The van der Waals surface area contributed by atoms with Gasteiger partial charge in [-0.2, -0.15) is 0 Å². The van der Waals surface area contributed by atoms with Gasteiger partial charge in [-0.1, -0.05) is 54.6 Å². The molecule has 0 aliphatic carbocycles. The van der Waals surface area contributed by atoms with Gasteiger partial charge in [0.2, 0.25) is 0 Å². The van der Waals surface area contributed by atoms with Crippen LogP contribution in [0.1, 0.15) is 16.7 Å². The van der Waals surface area contributed by atoms with Crippen LogP contribution in [0.4, 0.5) is 0 Å². The molecule has 17 heavy (non-hydrogen) atoms. The van der Waals surface area contributed by atoms with Gasteiger partial charge in [0.05, 0.1) is 0 Å². The van der Waals surface area contributed by atoms with Crippen molar-refractivity contribution >= 4 is 11.8 Å². The quantitative estimate of drug-likeness (QED) is 0.710. The number of fused-ring (bicyclic) bond motifs is 1. The van der Waals surface area contributed by atoms with Crippen molar-refractivity contribution < 1.29 is 0 Å². The Morgan fingerprint density at radius 1 is 0.882 bits per heavy atom. The van der Waals surface area contributed by atoms with E-state index in [0.717, 1.165) is 6.54 Å². The molecule has 0 unspecified atom stereocenters. The second-order valence-corrected chi connectivity index (χ2v) is 4.45. The first-order valence-corrected chi connectivity index (χ1v) is 5.91. The zero-order valence-corrected chi connectivity index (χ0v) is 9.93. The minimum Gasteiger partial charge on any atom is -0.370 e. The normalized spacial score (nSPS) is 14.2. The molecule has 0 atom stereocenters. The maximum atomic E-state index is 2.30. The number of benzene rings is 2. The second-order valence-electron chi connectivity index (χ2n) is 4.45. The average molecular weight is 221 g/mol. The van der Waals surface area contributed by atoms with E-state index in [2.05, 4.69) is 72.6 Å². The van der Waals surface area contributed by atoms with Crippen molar-refractivity contribution in [3.05, 3.63) is 71.3 Å². The lowest BCUT2D eigenvalue weighted by atomic mass is 9.99. The van der Waals surface area contributed by atoms with Crippen molar-refractivity contribution in [2.75, 3.05) is 7.05 Å². The van der Waals surface area contributed by atoms with Crippen molar-refractivity contribution in [1.29, 1.82) is 0 Å². The van der Waals surface area contributed by atoms with Crippen LogP contribution in [0.2, 0.25) is 0 Å². The van der Waals surface area contributed by atoms with Gasteiger partial charge < -0.3 is 4.90 Å². The lowest BCUT2D eigenvalue weighted by molar-refractivity contribution is 0.472. The van der Waals surface area contributed by atoms with E-state index >= 15 is 0 Å². The van der Waals surface area contributed by atoms with Gasteiger partial charge in [0.25, 0.3) is 0 Å². The first kappa shape index (κ1) is 10.2. The van der Waals surface area contributed by atoms with E-state index in [9.17, 15) is 0 Å². The van der Waals surface area contributed by atoms with E-state index in [1.807, 2.05) is 0 Å². The summed E-state index contributed by atoms with van der Waals surface area (Å²) >= 11 is 0. The predicted octanol–water partition coefficient (Wildman–Crippen LogP) is 3.63. The monoisotopic (exact) mass is 221 g/mol. The standard InChI is InChI=1S/C16H15N/c1-17-12-15-10-6-5-9-14(15)11-16(17)13-7-3-2-4-8-13/h2-11H,12H2,1H3. The summed E-state index contributed by atoms with van der Waals surface area (Å²) in [7, 11) is 2.15. The summed E-state index contributed by atoms with van der Waals surface area (Å²) in [6.45, 7) is 0.983. The van der Waals surface area contributed by atoms with Gasteiger partial charge in [-0.05, 0) is 22.8 Å². The first-order valence-electron chi connectivity index (χ1n) is 5.91. The molecule has 1 heterocycles. The van der Waals surface area contributed by atoms with E-state index < -0.39 is 0 Å². The fourth-order valence-corrected chi connectivity index (χ4v) is 2.33. The van der Waals surface area contributed by atoms with Crippen LogP contribution in [0, 0.1) is 0 Å². The van der Waals surface area contributed by atoms with E-state index in [0.29, 0.717) is 0 Å². The van der Waals surface area contributed by atoms with E-state index in [4.69, 9.17) is 0 Å². The third-order valence-corrected chi connectivity index (χ3v) is 3.24. The van der Waals surface area contributed by atoms with Gasteiger partial charge in [0.15, 0.2) is 0 Å². The van der Waals surface area contributed by atoms with Crippen molar-refractivity contribution in [2.45, 2.75) is 6.54 Å². The van der Waals surface area contributed by atoms with Crippen LogP contribution >= 0.6 is 0 Å². The summed E-state index contributed by atoms with van der Waals surface area (Å²) in [6.07, 6.45) is 2.27. The lowest BCUT2D eigenvalue weighted by Crippen LogP contribution is -2.20. The van der Waals surface area contributed by atoms with E-state index in [1.54, 1.807) is 0 Å². The number of hydrogen-bond donors (Lipinski definition) is 0. The van der Waals surface area contributed by atoms with E-state index in [1.165, 1.54) is 22.4 Å². The van der Waals surface area contributed by atoms with Gasteiger partial charge >= 0.3 is 0 Å². The van der Waals surface area contributed by atoms with Crippen LogP contribution in [0.3, 0.4) is 0 Å². The molecular formula is C16H15N. The molecule has 0 radical (unpaired) electrons. The van der Waals surface area contributed by atoms with Crippen LogP contribution in [0.15, 0.2) is 54.6 Å². The Labute approximate surface area is 102 Å². The molecule has 1 heteroatoms. The minimum atomic E-state index is 0.983. The van der Waals surface area contributed by atoms with Gasteiger partial charge in [0.1, 0.15) is 0 Å². The van der Waals surface area contributed by atoms with Crippen LogP contribution in [0.5, 0.6) is 0 Å². The topological polar surface area (TPSA) is 3.24 Å². The third-order valence-electron chi connectivity index (χ3n) is 3.24. The summed E-state index contributed by atoms with van der Waals surface area (Å²) in [4.78, 5) is 2.30. The van der Waals surface area contributed by atoms with Crippen molar-refractivity contribution in [2.24, 2.45) is 0 Å². The van der Waals surface area contributed by atoms with Crippen LogP contribution in [-0.4, -0.2) is 11.9 Å². The predicted molar refractivity (Wildman–Crippen MR) is 72.2 cm³/mol. The van der Waals surface area contributed by atoms with Crippen LogP contribution in [0.25, 0.3) is 11.8 Å². The third kappa shape index (κ3) is 1.84. The molecule has 2 aromatic rings. The van der Waals surface area contributed by atoms with Crippen LogP contribution < -0.4 is 0 Å². The molecular weight excluding hydrogens is 206 g/mol. The molecule has 0 aromatic heterocycles. The average Bonchev–Trinajstić information content (AvgIpc) is 2.39. The zero-order chi connectivity index (χ0) is 11.7. The smallest absolute Gasteiger partial charge is 0.0446 e. The summed E-state index contributed by atoms with van der Waals surface area (Å²) in [6, 6.07) is 19.1. The molecule has 1 nitrogen and oxygen atoms in total. The van der Waals surface area contributed by atoms with Gasteiger partial charge in [0, 0.05) is 19.3 Å². The number of hydrogen-bond acceptors (Lipinski definition) is 1. The first-order chi connectivity index (χ1) is 8.34. The Kier molecular flexibility index (Phi) is 2.45. The molecule has 0 bridgehead atoms. The Bertz CT molecular complexity index is 555. The van der Waals surface area contributed by atoms with Crippen molar-refractivity contribution in [1.82, 2.24) is 4.90 Å². The highest BCUT2D eigenvalue weighted by Gasteiger charge is 2.15. The molecule has 0 saturated heterocycles. The number of nitrogens with zero attached hydrogens (tertiary/aromatic N) is 1. The lowest BCUT2D eigenvalue weighted by Gasteiger charge is -2.28. The molecule has 1 aliphatic rings. The summed E-state index contributed by atoms with van der Waals surface area (Å²) in [5, 5.41) is 0. The largest absolute Gasteiger partial charge is 0.370 e. The molecule has 0 amide bonds. The second kappa shape index (κ2) is 4.10. The molecule has 0 saturated carbocycles. The SMILES string of the molecule is CN1Cc2ccccc2C=C1c1ccccc1. The molecule has 2 aromatic carbocycles. The zero-order valence-electron chi connectivity index (χ0n) is 9.93. The summed E-state index contributed by atoms with van der Waals surface area (Å²) < 4.78 is 0. The Balaban J connectivity index is 2.10. The maximum absolute atomic E-state index is 2.30. The van der Waals surface area contributed by atoms with Gasteiger partial charge in [-0.3, -0.25) is 0 Å².